The van der Waals surface area contributed by atoms with E-state index in [4.69, 9.17) is 0 Å². The van der Waals surface area contributed by atoms with E-state index in [1.807, 2.05) is 0 Å². The highest BCUT2D eigenvalue weighted by molar-refractivity contribution is 6.38. The minimum absolute atomic E-state index is 0.407. The number of hydrogen-bond acceptors (Lipinski definition) is 0. The van der Waals surface area contributed by atoms with Gasteiger partial charge in [-0.1, -0.05) is 55.3 Å². The van der Waals surface area contributed by atoms with Crippen molar-refractivity contribution in [1.82, 2.24) is 0 Å². The second-order valence-electron chi connectivity index (χ2n) is 5.95. The fourth-order valence-corrected chi connectivity index (χ4v) is 3.75. The molecule has 0 saturated heterocycles. The summed E-state index contributed by atoms with van der Waals surface area (Å²) in [6.07, 6.45) is 0. The molecule has 0 nitrogen and oxygen atoms in total. The molecule has 13 heavy (non-hydrogen) atoms. The summed E-state index contributed by atoms with van der Waals surface area (Å²) in [7, 11) is 1.28. The van der Waals surface area contributed by atoms with Crippen molar-refractivity contribution >= 4 is 7.28 Å². The van der Waals surface area contributed by atoms with Crippen LogP contribution in [0.4, 0.5) is 0 Å². The molecule has 0 aliphatic rings. The van der Waals surface area contributed by atoms with E-state index in [-0.39, 0.29) is 0 Å². The fourth-order valence-electron chi connectivity index (χ4n) is 3.75. The molecule has 0 spiro atoms. The van der Waals surface area contributed by atoms with Gasteiger partial charge in [-0.3, -0.25) is 0 Å². The molecule has 0 N–H and O–H groups in total. The normalized spacial score (nSPS) is 14.0. The zero-order valence-corrected chi connectivity index (χ0v) is 10.9. The molecule has 0 fully saturated rings. The summed E-state index contributed by atoms with van der Waals surface area (Å²) >= 11 is 0. The third kappa shape index (κ3) is 2.11. The topological polar surface area (TPSA) is 0 Å². The van der Waals surface area contributed by atoms with Gasteiger partial charge in [-0.15, -0.1) is 0 Å². The van der Waals surface area contributed by atoms with Gasteiger partial charge < -0.3 is 0 Å². The van der Waals surface area contributed by atoms with E-state index in [9.17, 15) is 0 Å². The van der Waals surface area contributed by atoms with Crippen LogP contribution in [0.2, 0.25) is 12.1 Å². The quantitative estimate of drug-likeness (QED) is 0.579. The first kappa shape index (κ1) is 13.1. The third-order valence-electron chi connectivity index (χ3n) is 4.04. The summed E-state index contributed by atoms with van der Waals surface area (Å²) in [5.74, 6) is 1.52. The lowest BCUT2D eigenvalue weighted by Gasteiger charge is -2.51. The molecule has 0 aromatic heterocycles. The van der Waals surface area contributed by atoms with Gasteiger partial charge in [0.2, 0.25) is 0 Å². The molecule has 0 bridgehead atoms. The molecule has 0 aromatic rings. The summed E-state index contributed by atoms with van der Waals surface area (Å²) in [6, 6.07) is 0. The van der Waals surface area contributed by atoms with E-state index >= 15 is 0 Å². The van der Waals surface area contributed by atoms with Crippen molar-refractivity contribution in [2.45, 2.75) is 60.6 Å². The number of hydrogen-bond donors (Lipinski definition) is 0. The highest BCUT2D eigenvalue weighted by Gasteiger charge is 2.45. The molecule has 0 aromatic carbocycles. The Kier molecular flexibility index (Phi) is 4.08. The second-order valence-corrected chi connectivity index (χ2v) is 5.95. The van der Waals surface area contributed by atoms with Crippen LogP contribution in [0.15, 0.2) is 0 Å². The van der Waals surface area contributed by atoms with Gasteiger partial charge >= 0.3 is 0 Å². The summed E-state index contributed by atoms with van der Waals surface area (Å²) < 4.78 is 0. The van der Waals surface area contributed by atoms with E-state index in [2.05, 4.69) is 55.3 Å². The molecule has 0 atom stereocenters. The molecule has 0 rings (SSSR count). The van der Waals surface area contributed by atoms with Gasteiger partial charge in [-0.25, -0.2) is 0 Å². The molecule has 78 valence electrons. The maximum atomic E-state index is 2.39. The van der Waals surface area contributed by atoms with Crippen molar-refractivity contribution < 1.29 is 0 Å². The van der Waals surface area contributed by atoms with E-state index in [0.717, 1.165) is 11.8 Å². The second kappa shape index (κ2) is 4.06. The lowest BCUT2D eigenvalue weighted by atomic mass is 9.36. The minimum Gasteiger partial charge on any atom is -0.0888 e. The van der Waals surface area contributed by atoms with Gasteiger partial charge in [0.1, 0.15) is 7.28 Å². The van der Waals surface area contributed by atoms with Crippen LogP contribution in [-0.4, -0.2) is 7.28 Å². The lowest BCUT2D eigenvalue weighted by Crippen LogP contribution is -2.41. The van der Waals surface area contributed by atoms with Gasteiger partial charge in [0.05, 0.1) is 0 Å². The standard InChI is InChI=1S/C12H27B/c1-9(2)12(13-8,10(3)4)11(5,6)7/h9-10,13H,1-8H3. The monoisotopic (exact) mass is 182 g/mol. The summed E-state index contributed by atoms with van der Waals surface area (Å²) in [6.45, 7) is 19.0. The fraction of sp³-hybridized carbons (Fsp3) is 1.00. The van der Waals surface area contributed by atoms with Crippen LogP contribution >= 0.6 is 0 Å². The van der Waals surface area contributed by atoms with Gasteiger partial charge in [0.15, 0.2) is 0 Å². The Morgan fingerprint density at radius 2 is 1.15 bits per heavy atom. The smallest absolute Gasteiger partial charge is 0.0888 e. The number of rotatable bonds is 3. The molecule has 0 radical (unpaired) electrons. The Labute approximate surface area is 85.7 Å². The molecule has 0 aliphatic carbocycles. The average Bonchev–Trinajstić information content (AvgIpc) is 1.83. The molecule has 0 unspecified atom stereocenters. The zero-order valence-electron chi connectivity index (χ0n) is 10.9. The molecule has 0 heterocycles. The van der Waals surface area contributed by atoms with Crippen molar-refractivity contribution in [3.8, 4) is 0 Å². The van der Waals surface area contributed by atoms with Crippen LogP contribution in [0.5, 0.6) is 0 Å². The van der Waals surface area contributed by atoms with Crippen LogP contribution in [0.1, 0.15) is 48.5 Å². The first-order valence-electron chi connectivity index (χ1n) is 5.70. The Morgan fingerprint density at radius 3 is 1.15 bits per heavy atom. The summed E-state index contributed by atoms with van der Waals surface area (Å²) in [4.78, 5) is 0. The van der Waals surface area contributed by atoms with E-state index in [1.165, 1.54) is 7.28 Å². The minimum atomic E-state index is 0.407. The summed E-state index contributed by atoms with van der Waals surface area (Å²) in [5.41, 5.74) is 0.407. The van der Waals surface area contributed by atoms with Crippen molar-refractivity contribution in [3.05, 3.63) is 0 Å². The highest BCUT2D eigenvalue weighted by atomic mass is 14.4. The van der Waals surface area contributed by atoms with Crippen molar-refractivity contribution in [2.24, 2.45) is 17.3 Å². The van der Waals surface area contributed by atoms with Crippen LogP contribution in [0.3, 0.4) is 0 Å². The Balaban J connectivity index is 5.12. The summed E-state index contributed by atoms with van der Waals surface area (Å²) in [5, 5.41) is 0.479. The van der Waals surface area contributed by atoms with Crippen molar-refractivity contribution in [1.29, 1.82) is 0 Å². The molecular formula is C12H27B. The predicted octanol–water partition coefficient (Wildman–Crippen LogP) is 3.99. The van der Waals surface area contributed by atoms with Gasteiger partial charge in [-0.05, 0) is 22.6 Å². The molecule has 1 heteroatoms. The molecule has 0 amide bonds. The van der Waals surface area contributed by atoms with E-state index in [0.29, 0.717) is 10.7 Å². The van der Waals surface area contributed by atoms with Crippen LogP contribution in [0.25, 0.3) is 0 Å². The van der Waals surface area contributed by atoms with Crippen LogP contribution < -0.4 is 0 Å². The Morgan fingerprint density at radius 1 is 0.846 bits per heavy atom. The van der Waals surface area contributed by atoms with Crippen LogP contribution in [-0.2, 0) is 0 Å². The first-order valence-corrected chi connectivity index (χ1v) is 5.70. The molecule has 0 saturated carbocycles. The molecular weight excluding hydrogens is 155 g/mol. The molecule has 0 aliphatic heterocycles. The highest BCUT2D eigenvalue weighted by Crippen LogP contribution is 2.55. The van der Waals surface area contributed by atoms with Gasteiger partial charge in [0.25, 0.3) is 0 Å². The largest absolute Gasteiger partial charge is 0.126 e. The van der Waals surface area contributed by atoms with E-state index < -0.39 is 0 Å². The Bertz CT molecular complexity index is 143. The third-order valence-corrected chi connectivity index (χ3v) is 4.04. The first-order chi connectivity index (χ1) is 5.70. The Hall–Kier alpha value is 0.0649. The zero-order chi connectivity index (χ0) is 10.9. The van der Waals surface area contributed by atoms with Crippen molar-refractivity contribution in [3.63, 3.8) is 0 Å². The van der Waals surface area contributed by atoms with Crippen LogP contribution in [0, 0.1) is 17.3 Å². The van der Waals surface area contributed by atoms with Gasteiger partial charge in [-0.2, -0.15) is 0 Å². The average molecular weight is 182 g/mol. The van der Waals surface area contributed by atoms with Gasteiger partial charge in [0, 0.05) is 0 Å². The predicted molar refractivity (Wildman–Crippen MR) is 64.8 cm³/mol. The van der Waals surface area contributed by atoms with Crippen molar-refractivity contribution in [2.75, 3.05) is 0 Å². The maximum absolute atomic E-state index is 2.39. The lowest BCUT2D eigenvalue weighted by molar-refractivity contribution is 0.142. The SMILES string of the molecule is CBC(C(C)C)(C(C)C)C(C)(C)C. The maximum Gasteiger partial charge on any atom is 0.126 e. The van der Waals surface area contributed by atoms with E-state index in [1.54, 1.807) is 0 Å².